The molecule has 40 heavy (non-hydrogen) atoms. The van der Waals surface area contributed by atoms with Crippen LogP contribution in [0.4, 0.5) is 24.5 Å². The van der Waals surface area contributed by atoms with Crippen LogP contribution in [0.25, 0.3) is 0 Å². The molecule has 4 aliphatic rings. The quantitative estimate of drug-likeness (QED) is 0.480. The van der Waals surface area contributed by atoms with Crippen LogP contribution in [0.5, 0.6) is 0 Å². The van der Waals surface area contributed by atoms with E-state index in [1.807, 2.05) is 34.7 Å². The number of nitrogens with zero attached hydrogens (tertiary/aromatic N) is 6. The van der Waals surface area contributed by atoms with Gasteiger partial charge in [-0.1, -0.05) is 12.1 Å². The number of halogens is 3. The Morgan fingerprint density at radius 3 is 2.42 bits per heavy atom. The van der Waals surface area contributed by atoms with Crippen molar-refractivity contribution in [3.05, 3.63) is 70.8 Å². The Kier molecular flexibility index (Phi) is 5.77. The van der Waals surface area contributed by atoms with Crippen LogP contribution in [0.2, 0.25) is 0 Å². The van der Waals surface area contributed by atoms with Crippen molar-refractivity contribution in [3.63, 3.8) is 0 Å². The number of aromatic nitrogens is 3. The van der Waals surface area contributed by atoms with Crippen molar-refractivity contribution < 1.29 is 22.7 Å². The average Bonchev–Trinajstić information content (AvgIpc) is 3.51. The van der Waals surface area contributed by atoms with Crippen LogP contribution in [-0.4, -0.2) is 71.0 Å². The van der Waals surface area contributed by atoms with Gasteiger partial charge < -0.3 is 19.1 Å². The fraction of sp³-hybridized carbons (Fsp3) is 0.483. The molecule has 5 heterocycles. The van der Waals surface area contributed by atoms with E-state index in [-0.39, 0.29) is 23.1 Å². The molecule has 0 N–H and O–H groups in total. The maximum absolute atomic E-state index is 14.4. The van der Waals surface area contributed by atoms with Gasteiger partial charge in [0.15, 0.2) is 0 Å². The molecule has 1 aromatic heterocycles. The molecule has 2 unspecified atom stereocenters. The van der Waals surface area contributed by atoms with Crippen molar-refractivity contribution in [1.82, 2.24) is 19.7 Å². The summed E-state index contributed by atoms with van der Waals surface area (Å²) in [5.41, 5.74) is 1.16. The third kappa shape index (κ3) is 4.01. The Hall–Kier alpha value is -3.44. The van der Waals surface area contributed by atoms with Gasteiger partial charge in [0.05, 0.1) is 25.3 Å². The van der Waals surface area contributed by atoms with E-state index in [1.165, 1.54) is 11.0 Å². The predicted molar refractivity (Wildman–Crippen MR) is 142 cm³/mol. The molecule has 7 rings (SSSR count). The van der Waals surface area contributed by atoms with Gasteiger partial charge in [0.25, 0.3) is 5.91 Å². The zero-order chi connectivity index (χ0) is 27.8. The fourth-order valence-electron chi connectivity index (χ4n) is 6.85. The molecule has 2 atom stereocenters. The number of aryl methyl sites for hydroxylation is 1. The van der Waals surface area contributed by atoms with E-state index >= 15 is 0 Å². The molecule has 0 aliphatic carbocycles. The number of benzene rings is 2. The van der Waals surface area contributed by atoms with Gasteiger partial charge in [-0.05, 0) is 55.3 Å². The van der Waals surface area contributed by atoms with Crippen LogP contribution in [-0.2, 0) is 36.3 Å². The first-order chi connectivity index (χ1) is 19.1. The average molecular weight is 553 g/mol. The van der Waals surface area contributed by atoms with Gasteiger partial charge in [0.1, 0.15) is 12.2 Å². The van der Waals surface area contributed by atoms with Crippen molar-refractivity contribution >= 4 is 17.3 Å². The summed E-state index contributed by atoms with van der Waals surface area (Å²) in [6.45, 7) is 2.20. The highest BCUT2D eigenvalue weighted by atomic mass is 19.4. The van der Waals surface area contributed by atoms with Gasteiger partial charge in [-0.2, -0.15) is 13.2 Å². The highest BCUT2D eigenvalue weighted by Gasteiger charge is 2.44. The minimum Gasteiger partial charge on any atom is -0.379 e. The second-order valence-electron chi connectivity index (χ2n) is 11.7. The fourth-order valence-corrected chi connectivity index (χ4v) is 6.85. The van der Waals surface area contributed by atoms with Crippen LogP contribution < -0.4 is 9.80 Å². The molecule has 3 fully saturated rings. The third-order valence-electron chi connectivity index (χ3n) is 9.37. The maximum Gasteiger partial charge on any atom is 0.416 e. The molecule has 3 saturated heterocycles. The lowest BCUT2D eigenvalue weighted by Gasteiger charge is -2.42. The lowest BCUT2D eigenvalue weighted by Crippen LogP contribution is -2.52. The number of likely N-dealkylation sites (N-methyl/N-ethyl adjacent to an activating group) is 1. The van der Waals surface area contributed by atoms with Crippen LogP contribution in [0.15, 0.2) is 42.7 Å². The molecule has 2 aromatic carbocycles. The van der Waals surface area contributed by atoms with Crippen LogP contribution in [0.1, 0.15) is 45.7 Å². The molecule has 11 heteroatoms. The molecular weight excluding hydrogens is 521 g/mol. The summed E-state index contributed by atoms with van der Waals surface area (Å²) in [7, 11) is 3.98. The predicted octanol–water partition coefficient (Wildman–Crippen LogP) is 3.79. The third-order valence-corrected chi connectivity index (χ3v) is 9.37. The van der Waals surface area contributed by atoms with Gasteiger partial charge in [-0.3, -0.25) is 9.69 Å². The summed E-state index contributed by atoms with van der Waals surface area (Å²) >= 11 is 0. The lowest BCUT2D eigenvalue weighted by molar-refractivity contribution is -0.138. The monoisotopic (exact) mass is 552 g/mol. The standard InChI is InChI=1S/C29H31F3N6O2/c1-35-17-33-34-26(35)11-28(15-40-16-28)18-4-3-5-19(8-18)38-14-24-23(27(38)39)9-22(10-25(24)29(30,31)32)37-12-20-6-7-21(13-37)36(20)2/h3-5,8-10,17,20-21H,6-7,11-16H2,1-2H3. The first-order valence-electron chi connectivity index (χ1n) is 13.7. The van der Waals surface area contributed by atoms with E-state index in [1.54, 1.807) is 18.5 Å². The Bertz CT molecular complexity index is 1470. The van der Waals surface area contributed by atoms with E-state index in [4.69, 9.17) is 4.74 Å². The van der Waals surface area contributed by atoms with E-state index in [9.17, 15) is 18.0 Å². The number of hydrogen-bond donors (Lipinski definition) is 0. The topological polar surface area (TPSA) is 66.7 Å². The molecule has 210 valence electrons. The Balaban J connectivity index is 1.22. The molecule has 8 nitrogen and oxygen atoms in total. The van der Waals surface area contributed by atoms with Gasteiger partial charge in [0.2, 0.25) is 0 Å². The van der Waals surface area contributed by atoms with E-state index in [2.05, 4.69) is 22.1 Å². The Morgan fingerprint density at radius 1 is 1.05 bits per heavy atom. The van der Waals surface area contributed by atoms with E-state index < -0.39 is 17.6 Å². The van der Waals surface area contributed by atoms with Crippen molar-refractivity contribution in [1.29, 1.82) is 0 Å². The SMILES string of the molecule is CN1C2CCC1CN(c1cc3c(c(C(F)(F)F)c1)CN(c1cccc(C4(Cc5nncn5C)COC4)c1)C3=O)C2. The van der Waals surface area contributed by atoms with Gasteiger partial charge in [0, 0.05) is 61.0 Å². The smallest absolute Gasteiger partial charge is 0.379 e. The van der Waals surface area contributed by atoms with Crippen LogP contribution >= 0.6 is 0 Å². The molecule has 4 aliphatic heterocycles. The largest absolute Gasteiger partial charge is 0.416 e. The van der Waals surface area contributed by atoms with Crippen LogP contribution in [0.3, 0.4) is 0 Å². The normalized spacial score (nSPS) is 24.0. The summed E-state index contributed by atoms with van der Waals surface area (Å²) in [6, 6.07) is 11.1. The number of hydrogen-bond acceptors (Lipinski definition) is 6. The molecule has 2 bridgehead atoms. The summed E-state index contributed by atoms with van der Waals surface area (Å²) in [5.74, 6) is 0.418. The highest BCUT2D eigenvalue weighted by molar-refractivity contribution is 6.11. The van der Waals surface area contributed by atoms with E-state index in [0.29, 0.717) is 56.2 Å². The minimum absolute atomic E-state index is 0.0459. The maximum atomic E-state index is 14.4. The summed E-state index contributed by atoms with van der Waals surface area (Å²) in [6.07, 6.45) is -0.219. The second kappa shape index (κ2) is 9.04. The van der Waals surface area contributed by atoms with Crippen LogP contribution in [0, 0.1) is 0 Å². The number of piperazine rings is 1. The Morgan fingerprint density at radius 2 is 1.80 bits per heavy atom. The molecule has 0 spiro atoms. The van der Waals surface area contributed by atoms with Gasteiger partial charge in [-0.15, -0.1) is 10.2 Å². The molecule has 3 aromatic rings. The number of amides is 1. The number of anilines is 2. The molecular formula is C29H31F3N6O2. The van der Waals surface area contributed by atoms with Gasteiger partial charge >= 0.3 is 6.18 Å². The molecule has 1 amide bonds. The number of carbonyl (C=O) groups is 1. The zero-order valence-corrected chi connectivity index (χ0v) is 22.5. The Labute approximate surface area is 230 Å². The van der Waals surface area contributed by atoms with Crippen molar-refractivity contribution in [3.8, 4) is 0 Å². The summed E-state index contributed by atoms with van der Waals surface area (Å²) in [5, 5.41) is 8.20. The highest BCUT2D eigenvalue weighted by Crippen LogP contribution is 2.43. The minimum atomic E-state index is -4.56. The second-order valence-corrected chi connectivity index (χ2v) is 11.7. The molecule has 0 saturated carbocycles. The first kappa shape index (κ1) is 25.5. The first-order valence-corrected chi connectivity index (χ1v) is 13.7. The number of rotatable bonds is 5. The van der Waals surface area contributed by atoms with Crippen molar-refractivity contribution in [2.75, 3.05) is 43.2 Å². The molecule has 0 radical (unpaired) electrons. The zero-order valence-electron chi connectivity index (χ0n) is 22.5. The van der Waals surface area contributed by atoms with Crippen molar-refractivity contribution in [2.24, 2.45) is 7.05 Å². The number of alkyl halides is 3. The number of fused-ring (bicyclic) bond motifs is 3. The van der Waals surface area contributed by atoms with Gasteiger partial charge in [-0.25, -0.2) is 0 Å². The summed E-state index contributed by atoms with van der Waals surface area (Å²) < 4.78 is 50.6. The van der Waals surface area contributed by atoms with E-state index in [0.717, 1.165) is 24.2 Å². The number of carbonyl (C=O) groups excluding carboxylic acids is 1. The van der Waals surface area contributed by atoms with Crippen molar-refractivity contribution in [2.45, 2.75) is 49.5 Å². The number of ether oxygens (including phenoxy) is 1. The lowest BCUT2D eigenvalue weighted by atomic mass is 9.75. The summed E-state index contributed by atoms with van der Waals surface area (Å²) in [4.78, 5) is 19.6.